The number of benzene rings is 1. The number of thioether (sulfide) groups is 1. The van der Waals surface area contributed by atoms with Crippen LogP contribution in [0.25, 0.3) is 6.08 Å². The minimum atomic E-state index is -3.65. The van der Waals surface area contributed by atoms with E-state index in [-0.39, 0.29) is 11.7 Å². The Hall–Kier alpha value is -0.900. The molecule has 1 aromatic carbocycles. The van der Waals surface area contributed by atoms with Crippen LogP contribution in [0.3, 0.4) is 0 Å². The normalized spacial score (nSPS) is 17.4. The van der Waals surface area contributed by atoms with Crippen molar-refractivity contribution < 1.29 is 17.4 Å². The molecule has 1 N–H and O–H groups in total. The molecule has 1 heterocycles. The Balaban J connectivity index is 2.45. The van der Waals surface area contributed by atoms with Crippen molar-refractivity contribution in [2.24, 2.45) is 0 Å². The van der Waals surface area contributed by atoms with Gasteiger partial charge in [0, 0.05) is 10.0 Å². The first-order valence-electron chi connectivity index (χ1n) is 5.18. The largest absolute Gasteiger partial charge is 0.382 e. The van der Waals surface area contributed by atoms with Crippen molar-refractivity contribution in [2.45, 2.75) is 0 Å². The Bertz CT molecular complexity index is 727. The molecular formula is C11H8BrNO4S3. The summed E-state index contributed by atoms with van der Waals surface area (Å²) in [6, 6.07) is 4.81. The Morgan fingerprint density at radius 2 is 2.15 bits per heavy atom. The highest BCUT2D eigenvalue weighted by Crippen LogP contribution is 2.31. The molecule has 106 valence electrons. The van der Waals surface area contributed by atoms with Crippen molar-refractivity contribution in [3.8, 4) is 5.75 Å². The zero-order valence-corrected chi connectivity index (χ0v) is 14.1. The highest BCUT2D eigenvalue weighted by molar-refractivity contribution is 9.10. The number of hydrogen-bond acceptors (Lipinski definition) is 6. The lowest BCUT2D eigenvalue weighted by Gasteiger charge is -2.07. The molecule has 0 saturated carbocycles. The van der Waals surface area contributed by atoms with E-state index in [1.54, 1.807) is 12.1 Å². The van der Waals surface area contributed by atoms with E-state index in [2.05, 4.69) is 21.2 Å². The second-order valence-electron chi connectivity index (χ2n) is 3.82. The number of carbonyl (C=O) groups excluding carboxylic acids is 1. The highest BCUT2D eigenvalue weighted by atomic mass is 79.9. The maximum Gasteiger partial charge on any atom is 0.306 e. The standard InChI is InChI=1S/C11H8BrNO4S3/c1-20(15,16)17-8-3-2-7(12)4-6(8)5-9-10(14)13-11(18)19-9/h2-5H,1H3,(H,13,14,18)/b9-5-. The van der Waals surface area contributed by atoms with Gasteiger partial charge in [-0.3, -0.25) is 4.79 Å². The van der Waals surface area contributed by atoms with E-state index in [9.17, 15) is 13.2 Å². The molecule has 20 heavy (non-hydrogen) atoms. The molecule has 1 fully saturated rings. The van der Waals surface area contributed by atoms with E-state index in [0.29, 0.717) is 14.8 Å². The van der Waals surface area contributed by atoms with E-state index in [1.165, 1.54) is 12.1 Å². The number of thiocarbonyl (C=S) groups is 1. The van der Waals surface area contributed by atoms with Crippen LogP contribution in [0.1, 0.15) is 5.56 Å². The summed E-state index contributed by atoms with van der Waals surface area (Å²) in [7, 11) is -3.65. The lowest BCUT2D eigenvalue weighted by Crippen LogP contribution is -2.17. The zero-order chi connectivity index (χ0) is 14.9. The molecule has 0 atom stereocenters. The van der Waals surface area contributed by atoms with Crippen molar-refractivity contribution in [3.63, 3.8) is 0 Å². The Kier molecular flexibility index (Phi) is 4.52. The maximum atomic E-state index is 11.6. The van der Waals surface area contributed by atoms with Gasteiger partial charge in [0.1, 0.15) is 10.1 Å². The van der Waals surface area contributed by atoms with Gasteiger partial charge in [-0.1, -0.05) is 39.9 Å². The molecule has 1 aliphatic heterocycles. The van der Waals surface area contributed by atoms with E-state index >= 15 is 0 Å². The van der Waals surface area contributed by atoms with Crippen molar-refractivity contribution in [3.05, 3.63) is 33.1 Å². The first-order valence-corrected chi connectivity index (χ1v) is 9.02. The third-order valence-electron chi connectivity index (χ3n) is 2.14. The first-order chi connectivity index (χ1) is 9.24. The van der Waals surface area contributed by atoms with Crippen molar-refractivity contribution in [1.82, 2.24) is 5.32 Å². The molecule has 1 amide bonds. The average Bonchev–Trinajstić information content (AvgIpc) is 2.60. The Morgan fingerprint density at radius 3 is 2.70 bits per heavy atom. The fraction of sp³-hybridized carbons (Fsp3) is 0.0909. The summed E-state index contributed by atoms with van der Waals surface area (Å²) in [5, 5.41) is 2.49. The van der Waals surface area contributed by atoms with Crippen LogP contribution < -0.4 is 9.50 Å². The average molecular weight is 394 g/mol. The first kappa shape index (κ1) is 15.5. The van der Waals surface area contributed by atoms with Crippen LogP contribution in [-0.4, -0.2) is 24.9 Å². The number of halogens is 1. The molecule has 0 unspecified atom stereocenters. The minimum Gasteiger partial charge on any atom is -0.382 e. The van der Waals surface area contributed by atoms with Gasteiger partial charge in [0.15, 0.2) is 0 Å². The number of hydrogen-bond donors (Lipinski definition) is 1. The fourth-order valence-corrected chi connectivity index (χ4v) is 3.33. The predicted molar refractivity (Wildman–Crippen MR) is 85.9 cm³/mol. The summed E-state index contributed by atoms with van der Waals surface area (Å²) in [5.74, 6) is -0.167. The SMILES string of the molecule is CS(=O)(=O)Oc1ccc(Br)cc1/C=C1\SC(=S)NC1=O. The molecule has 0 bridgehead atoms. The minimum absolute atomic E-state index is 0.148. The summed E-state index contributed by atoms with van der Waals surface area (Å²) in [4.78, 5) is 12.0. The molecule has 0 aromatic heterocycles. The number of nitrogens with one attached hydrogen (secondary N) is 1. The van der Waals surface area contributed by atoms with Gasteiger partial charge in [0.2, 0.25) is 0 Å². The zero-order valence-electron chi connectivity index (χ0n) is 10.0. The van der Waals surface area contributed by atoms with Crippen LogP contribution in [0.2, 0.25) is 0 Å². The third kappa shape index (κ3) is 4.05. The molecule has 5 nitrogen and oxygen atoms in total. The molecule has 0 radical (unpaired) electrons. The van der Waals surface area contributed by atoms with Gasteiger partial charge >= 0.3 is 10.1 Å². The van der Waals surface area contributed by atoms with Crippen LogP contribution in [0.5, 0.6) is 5.75 Å². The topological polar surface area (TPSA) is 72.5 Å². The smallest absolute Gasteiger partial charge is 0.306 e. The summed E-state index contributed by atoms with van der Waals surface area (Å²) in [5.41, 5.74) is 0.465. The Labute approximate surface area is 134 Å². The third-order valence-corrected chi connectivity index (χ3v) is 4.28. The summed E-state index contributed by atoms with van der Waals surface area (Å²) in [6.07, 6.45) is 2.49. The predicted octanol–water partition coefficient (Wildman–Crippen LogP) is 2.28. The van der Waals surface area contributed by atoms with Gasteiger partial charge < -0.3 is 9.50 Å². The van der Waals surface area contributed by atoms with Crippen LogP contribution in [0.4, 0.5) is 0 Å². The molecular weight excluding hydrogens is 386 g/mol. The van der Waals surface area contributed by atoms with Crippen LogP contribution in [0, 0.1) is 0 Å². The van der Waals surface area contributed by atoms with Crippen LogP contribution in [0.15, 0.2) is 27.6 Å². The van der Waals surface area contributed by atoms with Gasteiger partial charge in [0.05, 0.1) is 11.2 Å². The van der Waals surface area contributed by atoms with Gasteiger partial charge in [-0.2, -0.15) is 8.42 Å². The molecule has 1 aliphatic rings. The van der Waals surface area contributed by atoms with Crippen molar-refractivity contribution in [2.75, 3.05) is 6.26 Å². The quantitative estimate of drug-likeness (QED) is 0.482. The number of carbonyl (C=O) groups is 1. The molecule has 0 aliphatic carbocycles. The molecule has 1 aromatic rings. The maximum absolute atomic E-state index is 11.6. The number of amides is 1. The fourth-order valence-electron chi connectivity index (χ4n) is 1.43. The lowest BCUT2D eigenvalue weighted by molar-refractivity contribution is -0.115. The van der Waals surface area contributed by atoms with Gasteiger partial charge in [-0.25, -0.2) is 0 Å². The summed E-state index contributed by atoms with van der Waals surface area (Å²) < 4.78 is 28.5. The van der Waals surface area contributed by atoms with Crippen molar-refractivity contribution >= 4 is 66.3 Å². The van der Waals surface area contributed by atoms with Gasteiger partial charge in [0.25, 0.3) is 5.91 Å². The molecule has 2 rings (SSSR count). The van der Waals surface area contributed by atoms with Crippen LogP contribution in [-0.2, 0) is 14.9 Å². The van der Waals surface area contributed by atoms with Crippen LogP contribution >= 0.6 is 39.9 Å². The van der Waals surface area contributed by atoms with Gasteiger partial charge in [-0.05, 0) is 24.3 Å². The van der Waals surface area contributed by atoms with E-state index in [0.717, 1.165) is 22.5 Å². The van der Waals surface area contributed by atoms with E-state index in [4.69, 9.17) is 16.4 Å². The monoisotopic (exact) mass is 393 g/mol. The molecule has 9 heteroatoms. The molecule has 1 saturated heterocycles. The van der Waals surface area contributed by atoms with E-state index in [1.807, 2.05) is 0 Å². The lowest BCUT2D eigenvalue weighted by atomic mass is 10.2. The number of rotatable bonds is 3. The van der Waals surface area contributed by atoms with E-state index < -0.39 is 10.1 Å². The summed E-state index contributed by atoms with van der Waals surface area (Å²) >= 11 is 9.29. The second kappa shape index (κ2) is 5.84. The van der Waals surface area contributed by atoms with Crippen molar-refractivity contribution in [1.29, 1.82) is 0 Å². The summed E-state index contributed by atoms with van der Waals surface area (Å²) in [6.45, 7) is 0. The van der Waals surface area contributed by atoms with Gasteiger partial charge in [-0.15, -0.1) is 0 Å². The Morgan fingerprint density at radius 1 is 1.45 bits per heavy atom. The second-order valence-corrected chi connectivity index (χ2v) is 8.03. The molecule has 0 spiro atoms. The highest BCUT2D eigenvalue weighted by Gasteiger charge is 2.23.